The van der Waals surface area contributed by atoms with Gasteiger partial charge in [0.1, 0.15) is 18.2 Å². The van der Waals surface area contributed by atoms with Crippen LogP contribution in [0.1, 0.15) is 10.4 Å². The molecule has 30 heavy (non-hydrogen) atoms. The van der Waals surface area contributed by atoms with Crippen molar-refractivity contribution < 1.29 is 23.5 Å². The highest BCUT2D eigenvalue weighted by Gasteiger charge is 2.21. The van der Waals surface area contributed by atoms with Gasteiger partial charge in [-0.25, -0.2) is 9.18 Å². The molecule has 2 amide bonds. The number of hydrogen-bond donors (Lipinski definition) is 1. The first-order valence-electron chi connectivity index (χ1n) is 9.64. The minimum Gasteiger partial charge on any atom is -0.496 e. The van der Waals surface area contributed by atoms with Gasteiger partial charge < -0.3 is 19.7 Å². The summed E-state index contributed by atoms with van der Waals surface area (Å²) in [5, 5.41) is 4.42. The van der Waals surface area contributed by atoms with E-state index >= 15 is 0 Å². The summed E-state index contributed by atoms with van der Waals surface area (Å²) in [5.41, 5.74) is 1.90. The molecule has 0 bridgehead atoms. The van der Waals surface area contributed by atoms with Crippen molar-refractivity contribution in [2.24, 2.45) is 0 Å². The van der Waals surface area contributed by atoms with Gasteiger partial charge in [0.25, 0.3) is 5.91 Å². The number of ether oxygens (including phenoxy) is 2. The van der Waals surface area contributed by atoms with Gasteiger partial charge in [-0.3, -0.25) is 4.79 Å². The van der Waals surface area contributed by atoms with Gasteiger partial charge in [-0.1, -0.05) is 30.3 Å². The number of halogens is 1. The number of hydrogen-bond acceptors (Lipinski definition) is 4. The normalized spacial score (nSPS) is 13.4. The third kappa shape index (κ3) is 3.78. The maximum Gasteiger partial charge on any atom is 0.409 e. The molecule has 154 valence electrons. The lowest BCUT2D eigenvalue weighted by Gasteiger charge is -2.15. The summed E-state index contributed by atoms with van der Waals surface area (Å²) in [6.07, 6.45) is -0.358. The molecule has 1 N–H and O–H groups in total. The lowest BCUT2D eigenvalue weighted by molar-refractivity contribution is 0.0950. The van der Waals surface area contributed by atoms with Crippen LogP contribution < -0.4 is 10.1 Å². The number of rotatable bonds is 6. The van der Waals surface area contributed by atoms with E-state index in [1.807, 2.05) is 24.3 Å². The minimum atomic E-state index is -0.364. The Labute approximate surface area is 173 Å². The van der Waals surface area contributed by atoms with Crippen LogP contribution in [-0.4, -0.2) is 50.3 Å². The Morgan fingerprint density at radius 1 is 1.13 bits per heavy atom. The molecule has 0 unspecified atom stereocenters. The summed E-state index contributed by atoms with van der Waals surface area (Å²) in [5.74, 6) is -0.0510. The van der Waals surface area contributed by atoms with Crippen molar-refractivity contribution in [2.45, 2.75) is 0 Å². The first-order chi connectivity index (χ1) is 14.6. The molecule has 4 rings (SSSR count). The SMILES string of the molecule is COc1ccc(F)cc1-c1ccc(C(=O)NCCN2CCOC2=O)c2ccccc12. The van der Waals surface area contributed by atoms with E-state index in [1.54, 1.807) is 23.1 Å². The van der Waals surface area contributed by atoms with Gasteiger partial charge >= 0.3 is 6.09 Å². The summed E-state index contributed by atoms with van der Waals surface area (Å²) in [4.78, 5) is 25.9. The number of fused-ring (bicyclic) bond motifs is 1. The van der Waals surface area contributed by atoms with Crippen LogP contribution in [0.5, 0.6) is 5.75 Å². The van der Waals surface area contributed by atoms with Crippen LogP contribution in [0.15, 0.2) is 54.6 Å². The average Bonchev–Trinajstić information content (AvgIpc) is 3.17. The fourth-order valence-electron chi connectivity index (χ4n) is 3.65. The van der Waals surface area contributed by atoms with Crippen molar-refractivity contribution in [3.05, 3.63) is 66.0 Å². The fraction of sp³-hybridized carbons (Fsp3) is 0.217. The van der Waals surface area contributed by atoms with Crippen LogP contribution in [0.4, 0.5) is 9.18 Å². The zero-order chi connectivity index (χ0) is 21.1. The highest BCUT2D eigenvalue weighted by atomic mass is 19.1. The lowest BCUT2D eigenvalue weighted by atomic mass is 9.94. The second-order valence-corrected chi connectivity index (χ2v) is 6.91. The largest absolute Gasteiger partial charge is 0.496 e. The Bertz CT molecular complexity index is 1120. The number of amides is 2. The molecule has 1 aliphatic rings. The van der Waals surface area contributed by atoms with Gasteiger partial charge in [0.2, 0.25) is 0 Å². The quantitative estimate of drug-likeness (QED) is 0.673. The molecule has 0 aromatic heterocycles. The summed E-state index contributed by atoms with van der Waals surface area (Å²) < 4.78 is 24.2. The molecule has 0 saturated carbocycles. The Hall–Kier alpha value is -3.61. The Balaban J connectivity index is 1.63. The molecule has 3 aromatic rings. The minimum absolute atomic E-state index is 0.239. The first-order valence-corrected chi connectivity index (χ1v) is 9.64. The van der Waals surface area contributed by atoms with E-state index in [0.29, 0.717) is 43.1 Å². The smallest absolute Gasteiger partial charge is 0.409 e. The van der Waals surface area contributed by atoms with Crippen molar-refractivity contribution in [1.82, 2.24) is 10.2 Å². The molecule has 7 heteroatoms. The number of nitrogens with one attached hydrogen (secondary N) is 1. The van der Waals surface area contributed by atoms with Gasteiger partial charge in [0.05, 0.1) is 13.7 Å². The van der Waals surface area contributed by atoms with Crippen LogP contribution in [-0.2, 0) is 4.74 Å². The van der Waals surface area contributed by atoms with E-state index in [1.165, 1.54) is 19.2 Å². The first kappa shape index (κ1) is 19.7. The summed E-state index contributed by atoms with van der Waals surface area (Å²) in [6.45, 7) is 1.62. The number of nitrogens with zero attached hydrogens (tertiary/aromatic N) is 1. The number of benzene rings is 3. The summed E-state index contributed by atoms with van der Waals surface area (Å²) >= 11 is 0. The summed E-state index contributed by atoms with van der Waals surface area (Å²) in [7, 11) is 1.54. The highest BCUT2D eigenvalue weighted by Crippen LogP contribution is 2.36. The Kier molecular flexibility index (Phi) is 5.52. The third-order valence-electron chi connectivity index (χ3n) is 5.13. The molecule has 0 atom stereocenters. The molecular formula is C23H21FN2O4. The van der Waals surface area contributed by atoms with Crippen molar-refractivity contribution in [2.75, 3.05) is 33.4 Å². The second kappa shape index (κ2) is 8.41. The van der Waals surface area contributed by atoms with Crippen molar-refractivity contribution in [3.63, 3.8) is 0 Å². The lowest BCUT2D eigenvalue weighted by Crippen LogP contribution is -2.35. The molecule has 1 aliphatic heterocycles. The fourth-order valence-corrected chi connectivity index (χ4v) is 3.65. The summed E-state index contributed by atoms with van der Waals surface area (Å²) in [6, 6.07) is 15.4. The molecular weight excluding hydrogens is 387 g/mol. The van der Waals surface area contributed by atoms with Gasteiger partial charge in [-0.05, 0) is 40.6 Å². The van der Waals surface area contributed by atoms with E-state index in [9.17, 15) is 14.0 Å². The molecule has 1 fully saturated rings. The number of carbonyl (C=O) groups is 2. The predicted octanol–water partition coefficient (Wildman–Crippen LogP) is 3.84. The van der Waals surface area contributed by atoms with Crippen LogP contribution in [0.2, 0.25) is 0 Å². The number of carbonyl (C=O) groups excluding carboxylic acids is 2. The van der Waals surface area contributed by atoms with Crippen LogP contribution in [0, 0.1) is 5.82 Å². The zero-order valence-corrected chi connectivity index (χ0v) is 16.5. The Morgan fingerprint density at radius 3 is 2.67 bits per heavy atom. The van der Waals surface area contributed by atoms with Gasteiger partial charge in [0, 0.05) is 24.2 Å². The predicted molar refractivity (Wildman–Crippen MR) is 111 cm³/mol. The third-order valence-corrected chi connectivity index (χ3v) is 5.13. The van der Waals surface area contributed by atoms with Crippen molar-refractivity contribution >= 4 is 22.8 Å². The van der Waals surface area contributed by atoms with Crippen molar-refractivity contribution in [3.8, 4) is 16.9 Å². The standard InChI is InChI=1S/C23H21FN2O4/c1-29-21-9-6-15(24)14-20(21)18-7-8-19(17-5-3-2-4-16(17)18)22(27)25-10-11-26-12-13-30-23(26)28/h2-9,14H,10-13H2,1H3,(H,25,27). The Morgan fingerprint density at radius 2 is 1.93 bits per heavy atom. The van der Waals surface area contributed by atoms with Crippen LogP contribution in [0.3, 0.4) is 0 Å². The molecule has 0 radical (unpaired) electrons. The molecule has 1 saturated heterocycles. The monoisotopic (exact) mass is 408 g/mol. The second-order valence-electron chi connectivity index (χ2n) is 6.91. The van der Waals surface area contributed by atoms with Gasteiger partial charge in [-0.2, -0.15) is 0 Å². The average molecular weight is 408 g/mol. The maximum absolute atomic E-state index is 13.9. The van der Waals surface area contributed by atoms with Crippen molar-refractivity contribution in [1.29, 1.82) is 0 Å². The topological polar surface area (TPSA) is 67.9 Å². The van der Waals surface area contributed by atoms with E-state index in [4.69, 9.17) is 9.47 Å². The molecule has 1 heterocycles. The van der Waals surface area contributed by atoms with E-state index in [-0.39, 0.29) is 17.8 Å². The molecule has 0 aliphatic carbocycles. The highest BCUT2D eigenvalue weighted by molar-refractivity contribution is 6.11. The molecule has 6 nitrogen and oxygen atoms in total. The number of methoxy groups -OCH3 is 1. The van der Waals surface area contributed by atoms with E-state index in [2.05, 4.69) is 5.32 Å². The number of cyclic esters (lactones) is 1. The molecule has 3 aromatic carbocycles. The van der Waals surface area contributed by atoms with Crippen LogP contribution >= 0.6 is 0 Å². The van der Waals surface area contributed by atoms with E-state index in [0.717, 1.165) is 16.3 Å². The molecule has 0 spiro atoms. The zero-order valence-electron chi connectivity index (χ0n) is 16.5. The van der Waals surface area contributed by atoms with Gasteiger partial charge in [0.15, 0.2) is 0 Å². The van der Waals surface area contributed by atoms with Gasteiger partial charge in [-0.15, -0.1) is 0 Å². The van der Waals surface area contributed by atoms with E-state index < -0.39 is 0 Å². The van der Waals surface area contributed by atoms with Crippen LogP contribution in [0.25, 0.3) is 21.9 Å². The maximum atomic E-state index is 13.9.